The van der Waals surface area contributed by atoms with Crippen LogP contribution in [0, 0.1) is 0 Å². The van der Waals surface area contributed by atoms with Gasteiger partial charge in [-0.25, -0.2) is 0 Å². The predicted octanol–water partition coefficient (Wildman–Crippen LogP) is 2.31. The van der Waals surface area contributed by atoms with E-state index in [-0.39, 0.29) is 11.5 Å². The first-order valence-corrected chi connectivity index (χ1v) is 7.94. The monoisotopic (exact) mass is 322 g/mol. The second-order valence-corrected chi connectivity index (χ2v) is 5.48. The molecule has 0 aliphatic rings. The van der Waals surface area contributed by atoms with E-state index < -0.39 is 0 Å². The van der Waals surface area contributed by atoms with Crippen molar-refractivity contribution in [3.05, 3.63) is 64.4 Å². The molecule has 1 N–H and O–H groups in total. The average Bonchev–Trinajstić information content (AvgIpc) is 2.63. The molecule has 0 spiro atoms. The largest absolute Gasteiger partial charge is 0.352 e. The van der Waals surface area contributed by atoms with Gasteiger partial charge in [-0.05, 0) is 42.8 Å². The summed E-state index contributed by atoms with van der Waals surface area (Å²) in [6.45, 7) is 2.73. The summed E-state index contributed by atoms with van der Waals surface area (Å²) in [6.07, 6.45) is 1.98. The maximum Gasteiger partial charge on any atom is 0.282 e. The lowest BCUT2D eigenvalue weighted by atomic mass is 10.2. The third-order valence-corrected chi connectivity index (χ3v) is 3.76. The van der Waals surface area contributed by atoms with E-state index >= 15 is 0 Å². The quantitative estimate of drug-likeness (QED) is 0.731. The number of hydrogen-bond donors (Lipinski definition) is 1. The molecule has 6 heteroatoms. The van der Waals surface area contributed by atoms with Gasteiger partial charge in [-0.2, -0.15) is 4.68 Å². The molecule has 0 radical (unpaired) electrons. The number of carbonyl (C=O) groups excluding carboxylic acids is 1. The van der Waals surface area contributed by atoms with Gasteiger partial charge in [0.05, 0.1) is 11.1 Å². The van der Waals surface area contributed by atoms with Crippen LogP contribution in [0.5, 0.6) is 0 Å². The van der Waals surface area contributed by atoms with Gasteiger partial charge in [-0.15, -0.1) is 5.10 Å². The van der Waals surface area contributed by atoms with Crippen molar-refractivity contribution in [1.29, 1.82) is 0 Å². The Morgan fingerprint density at radius 1 is 1.12 bits per heavy atom. The minimum Gasteiger partial charge on any atom is -0.352 e. The van der Waals surface area contributed by atoms with Crippen molar-refractivity contribution in [3.8, 4) is 5.69 Å². The Balaban J connectivity index is 1.87. The molecule has 0 atom stereocenters. The Kier molecular flexibility index (Phi) is 4.65. The highest BCUT2D eigenvalue weighted by Crippen LogP contribution is 2.09. The molecule has 1 heterocycles. The normalized spacial score (nSPS) is 10.7. The van der Waals surface area contributed by atoms with Crippen molar-refractivity contribution in [2.24, 2.45) is 0 Å². The smallest absolute Gasteiger partial charge is 0.282 e. The lowest BCUT2D eigenvalue weighted by molar-refractivity contribution is 0.0953. The number of unbranched alkanes of at least 4 members (excludes halogenated alkanes) is 1. The van der Waals surface area contributed by atoms with E-state index in [1.54, 1.807) is 42.5 Å². The number of aromatic nitrogens is 3. The second kappa shape index (κ2) is 7.04. The Morgan fingerprint density at radius 2 is 1.88 bits per heavy atom. The molecule has 6 nitrogen and oxygen atoms in total. The summed E-state index contributed by atoms with van der Waals surface area (Å²) in [6, 6.07) is 13.8. The zero-order chi connectivity index (χ0) is 16.9. The SMILES string of the molecule is CCCCNC(=O)c1ccc(-n2nnc3ccccc3c2=O)cc1. The summed E-state index contributed by atoms with van der Waals surface area (Å²) in [7, 11) is 0. The predicted molar refractivity (Wildman–Crippen MR) is 92.4 cm³/mol. The molecule has 24 heavy (non-hydrogen) atoms. The Morgan fingerprint density at radius 3 is 2.62 bits per heavy atom. The van der Waals surface area contributed by atoms with Crippen LogP contribution in [-0.2, 0) is 0 Å². The number of fused-ring (bicyclic) bond motifs is 1. The molecule has 3 rings (SSSR count). The van der Waals surface area contributed by atoms with Crippen LogP contribution < -0.4 is 10.9 Å². The first-order valence-electron chi connectivity index (χ1n) is 7.94. The van der Waals surface area contributed by atoms with Gasteiger partial charge in [0.25, 0.3) is 11.5 Å². The molecule has 0 fully saturated rings. The lowest BCUT2D eigenvalue weighted by Crippen LogP contribution is -2.25. The Bertz CT molecular complexity index is 916. The number of nitrogens with zero attached hydrogens (tertiary/aromatic N) is 3. The third-order valence-electron chi connectivity index (χ3n) is 3.76. The van der Waals surface area contributed by atoms with Crippen LogP contribution in [0.2, 0.25) is 0 Å². The fourth-order valence-electron chi connectivity index (χ4n) is 2.39. The molecule has 0 bridgehead atoms. The van der Waals surface area contributed by atoms with E-state index in [4.69, 9.17) is 0 Å². The van der Waals surface area contributed by atoms with Gasteiger partial charge >= 0.3 is 0 Å². The van der Waals surface area contributed by atoms with Crippen LogP contribution in [0.15, 0.2) is 53.3 Å². The molecular weight excluding hydrogens is 304 g/mol. The van der Waals surface area contributed by atoms with E-state index in [1.165, 1.54) is 4.68 Å². The summed E-state index contributed by atoms with van der Waals surface area (Å²) in [4.78, 5) is 24.5. The molecule has 1 amide bonds. The van der Waals surface area contributed by atoms with Gasteiger partial charge < -0.3 is 5.32 Å². The van der Waals surface area contributed by atoms with Gasteiger partial charge in [0.1, 0.15) is 5.52 Å². The topological polar surface area (TPSA) is 76.9 Å². The summed E-state index contributed by atoms with van der Waals surface area (Å²) in [5.74, 6) is -0.119. The van der Waals surface area contributed by atoms with E-state index in [9.17, 15) is 9.59 Å². The van der Waals surface area contributed by atoms with Gasteiger partial charge in [0, 0.05) is 12.1 Å². The number of amides is 1. The average molecular weight is 322 g/mol. The van der Waals surface area contributed by atoms with Gasteiger partial charge in [0.15, 0.2) is 0 Å². The first-order chi connectivity index (χ1) is 11.7. The minimum atomic E-state index is -0.235. The highest BCUT2D eigenvalue weighted by Gasteiger charge is 2.09. The Hall–Kier alpha value is -3.02. The van der Waals surface area contributed by atoms with E-state index in [0.29, 0.717) is 28.7 Å². The van der Waals surface area contributed by atoms with E-state index in [2.05, 4.69) is 22.6 Å². The fourth-order valence-corrected chi connectivity index (χ4v) is 2.39. The zero-order valence-electron chi connectivity index (χ0n) is 13.4. The molecule has 122 valence electrons. The van der Waals surface area contributed by atoms with Crippen molar-refractivity contribution >= 4 is 16.8 Å². The summed E-state index contributed by atoms with van der Waals surface area (Å²) < 4.78 is 1.24. The fraction of sp³-hybridized carbons (Fsp3) is 0.222. The molecule has 0 aliphatic carbocycles. The van der Waals surface area contributed by atoms with Crippen LogP contribution in [-0.4, -0.2) is 27.4 Å². The number of benzene rings is 2. The maximum absolute atomic E-state index is 12.5. The van der Waals surface area contributed by atoms with Crippen molar-refractivity contribution < 1.29 is 4.79 Å². The maximum atomic E-state index is 12.5. The molecule has 0 saturated carbocycles. The van der Waals surface area contributed by atoms with Gasteiger partial charge in [-0.1, -0.05) is 30.7 Å². The van der Waals surface area contributed by atoms with E-state index in [1.807, 2.05) is 6.07 Å². The highest BCUT2D eigenvalue weighted by molar-refractivity contribution is 5.94. The van der Waals surface area contributed by atoms with Gasteiger partial charge in [0.2, 0.25) is 0 Å². The molecular formula is C18H18N4O2. The molecule has 2 aromatic carbocycles. The summed E-state index contributed by atoms with van der Waals surface area (Å²) >= 11 is 0. The lowest BCUT2D eigenvalue weighted by Gasteiger charge is -2.07. The van der Waals surface area contributed by atoms with Crippen LogP contribution in [0.3, 0.4) is 0 Å². The molecule has 0 unspecified atom stereocenters. The number of nitrogens with one attached hydrogen (secondary N) is 1. The summed E-state index contributed by atoms with van der Waals surface area (Å²) in [5.41, 5.74) is 1.45. The van der Waals surface area contributed by atoms with Crippen molar-refractivity contribution in [1.82, 2.24) is 20.3 Å². The van der Waals surface area contributed by atoms with Crippen molar-refractivity contribution in [3.63, 3.8) is 0 Å². The number of rotatable bonds is 5. The van der Waals surface area contributed by atoms with E-state index in [0.717, 1.165) is 12.8 Å². The Labute approximate surface area is 139 Å². The first kappa shape index (κ1) is 15.9. The standard InChI is InChI=1S/C18H18N4O2/c1-2-3-12-19-17(23)13-8-10-14(11-9-13)22-18(24)15-6-4-5-7-16(15)20-21-22/h4-11H,2-3,12H2,1H3,(H,19,23). The molecule has 0 aliphatic heterocycles. The minimum absolute atomic E-state index is 0.119. The highest BCUT2D eigenvalue weighted by atomic mass is 16.1. The van der Waals surface area contributed by atoms with Crippen molar-refractivity contribution in [2.75, 3.05) is 6.54 Å². The summed E-state index contributed by atoms with van der Waals surface area (Å²) in [5, 5.41) is 11.4. The molecule has 1 aromatic heterocycles. The molecule has 3 aromatic rings. The van der Waals surface area contributed by atoms with Crippen molar-refractivity contribution in [2.45, 2.75) is 19.8 Å². The number of carbonyl (C=O) groups is 1. The van der Waals surface area contributed by atoms with Crippen LogP contribution in [0.25, 0.3) is 16.6 Å². The van der Waals surface area contributed by atoms with Crippen LogP contribution in [0.4, 0.5) is 0 Å². The van der Waals surface area contributed by atoms with Crippen LogP contribution >= 0.6 is 0 Å². The number of hydrogen-bond acceptors (Lipinski definition) is 4. The van der Waals surface area contributed by atoms with Crippen LogP contribution in [0.1, 0.15) is 30.1 Å². The third kappa shape index (κ3) is 3.17. The zero-order valence-corrected chi connectivity index (χ0v) is 13.4. The second-order valence-electron chi connectivity index (χ2n) is 5.48. The molecule has 0 saturated heterocycles. The van der Waals surface area contributed by atoms with Gasteiger partial charge in [-0.3, -0.25) is 9.59 Å².